The molecule has 0 unspecified atom stereocenters. The summed E-state index contributed by atoms with van der Waals surface area (Å²) < 4.78 is 1.10. The second-order valence-corrected chi connectivity index (χ2v) is 5.51. The molecule has 0 radical (unpaired) electrons. The molecular formula is C10H10BrN3S. The second kappa shape index (κ2) is 4.83. The van der Waals surface area contributed by atoms with Gasteiger partial charge in [0.15, 0.2) is 5.82 Å². The van der Waals surface area contributed by atoms with Crippen molar-refractivity contribution in [2.45, 2.75) is 6.54 Å². The lowest BCUT2D eigenvalue weighted by Gasteiger charge is -1.99. The van der Waals surface area contributed by atoms with Gasteiger partial charge in [-0.3, -0.25) is 0 Å². The highest BCUT2D eigenvalue weighted by atomic mass is 79.9. The summed E-state index contributed by atoms with van der Waals surface area (Å²) in [6.07, 6.45) is 3.71. The van der Waals surface area contributed by atoms with E-state index in [1.807, 2.05) is 31.6 Å². The molecule has 0 aliphatic rings. The Kier molecular flexibility index (Phi) is 3.45. The van der Waals surface area contributed by atoms with Gasteiger partial charge >= 0.3 is 0 Å². The van der Waals surface area contributed by atoms with E-state index in [0.29, 0.717) is 0 Å². The number of rotatable bonds is 3. The molecule has 2 heterocycles. The molecule has 0 amide bonds. The van der Waals surface area contributed by atoms with Gasteiger partial charge in [0.25, 0.3) is 0 Å². The van der Waals surface area contributed by atoms with Crippen molar-refractivity contribution in [1.82, 2.24) is 15.3 Å². The quantitative estimate of drug-likeness (QED) is 0.941. The maximum atomic E-state index is 4.32. The molecule has 0 aliphatic heterocycles. The van der Waals surface area contributed by atoms with Gasteiger partial charge in [-0.15, -0.1) is 11.3 Å². The number of halogens is 1. The molecule has 0 spiro atoms. The van der Waals surface area contributed by atoms with Crippen LogP contribution in [0.2, 0.25) is 0 Å². The van der Waals surface area contributed by atoms with Gasteiger partial charge in [-0.05, 0) is 35.1 Å². The number of nitrogens with zero attached hydrogens (tertiary/aromatic N) is 2. The third-order valence-electron chi connectivity index (χ3n) is 1.88. The van der Waals surface area contributed by atoms with Crippen LogP contribution in [0.25, 0.3) is 10.7 Å². The Morgan fingerprint density at radius 1 is 1.33 bits per heavy atom. The minimum absolute atomic E-state index is 0.783. The van der Waals surface area contributed by atoms with Crippen molar-refractivity contribution in [3.05, 3.63) is 33.9 Å². The normalized spacial score (nSPS) is 10.5. The average molecular weight is 284 g/mol. The molecule has 1 N–H and O–H groups in total. The second-order valence-electron chi connectivity index (χ2n) is 3.05. The zero-order valence-electron chi connectivity index (χ0n) is 8.20. The fourth-order valence-corrected chi connectivity index (χ4v) is 2.55. The van der Waals surface area contributed by atoms with E-state index in [4.69, 9.17) is 0 Å². The van der Waals surface area contributed by atoms with E-state index >= 15 is 0 Å². The highest BCUT2D eigenvalue weighted by Gasteiger charge is 2.03. The molecule has 3 nitrogen and oxygen atoms in total. The van der Waals surface area contributed by atoms with E-state index in [9.17, 15) is 0 Å². The Bertz CT molecular complexity index is 438. The molecule has 0 saturated heterocycles. The lowest BCUT2D eigenvalue weighted by molar-refractivity contribution is 0.807. The van der Waals surface area contributed by atoms with E-state index in [1.165, 1.54) is 0 Å². The van der Waals surface area contributed by atoms with Crippen molar-refractivity contribution < 1.29 is 0 Å². The molecule has 0 fully saturated rings. The first-order valence-electron chi connectivity index (χ1n) is 4.51. The van der Waals surface area contributed by atoms with Gasteiger partial charge in [-0.1, -0.05) is 0 Å². The first kappa shape index (κ1) is 10.7. The van der Waals surface area contributed by atoms with Crippen LogP contribution < -0.4 is 5.32 Å². The Hall–Kier alpha value is -0.780. The highest BCUT2D eigenvalue weighted by Crippen LogP contribution is 2.28. The van der Waals surface area contributed by atoms with Crippen molar-refractivity contribution in [1.29, 1.82) is 0 Å². The van der Waals surface area contributed by atoms with Gasteiger partial charge in [0, 0.05) is 24.5 Å². The standard InChI is InChI=1S/C10H10BrN3S/c1-12-4-7-5-13-10(14-6-7)8-2-3-9(11)15-8/h2-3,5-6,12H,4H2,1H3. The summed E-state index contributed by atoms with van der Waals surface area (Å²) in [5.74, 6) is 0.783. The summed E-state index contributed by atoms with van der Waals surface area (Å²) in [7, 11) is 1.91. The van der Waals surface area contributed by atoms with E-state index in [2.05, 4.69) is 31.2 Å². The van der Waals surface area contributed by atoms with E-state index in [1.54, 1.807) is 11.3 Å². The largest absolute Gasteiger partial charge is 0.316 e. The maximum absolute atomic E-state index is 4.32. The summed E-state index contributed by atoms with van der Waals surface area (Å²) in [5, 5.41) is 3.06. The highest BCUT2D eigenvalue weighted by molar-refractivity contribution is 9.11. The van der Waals surface area contributed by atoms with Crippen molar-refractivity contribution in [2.24, 2.45) is 0 Å². The Morgan fingerprint density at radius 3 is 2.60 bits per heavy atom. The zero-order valence-corrected chi connectivity index (χ0v) is 10.6. The van der Waals surface area contributed by atoms with Crippen molar-refractivity contribution in [2.75, 3.05) is 7.05 Å². The monoisotopic (exact) mass is 283 g/mol. The van der Waals surface area contributed by atoms with E-state index < -0.39 is 0 Å². The Morgan fingerprint density at radius 2 is 2.07 bits per heavy atom. The molecule has 78 valence electrons. The smallest absolute Gasteiger partial charge is 0.169 e. The number of thiophene rings is 1. The number of hydrogen-bond donors (Lipinski definition) is 1. The Labute approximate surface area is 101 Å². The van der Waals surface area contributed by atoms with Crippen LogP contribution in [0.4, 0.5) is 0 Å². The van der Waals surface area contributed by atoms with Crippen molar-refractivity contribution in [3.63, 3.8) is 0 Å². The van der Waals surface area contributed by atoms with Crippen LogP contribution in [0.15, 0.2) is 28.3 Å². The molecule has 5 heteroatoms. The lowest BCUT2D eigenvalue weighted by atomic mass is 10.3. The predicted octanol–water partition coefficient (Wildman–Crippen LogP) is 2.69. The first-order valence-corrected chi connectivity index (χ1v) is 6.12. The molecule has 0 aromatic carbocycles. The van der Waals surface area contributed by atoms with Gasteiger partial charge in [-0.25, -0.2) is 9.97 Å². The molecular weight excluding hydrogens is 274 g/mol. The number of aromatic nitrogens is 2. The van der Waals surface area contributed by atoms with Gasteiger partial charge in [0.1, 0.15) is 0 Å². The molecule has 2 rings (SSSR count). The minimum Gasteiger partial charge on any atom is -0.316 e. The van der Waals surface area contributed by atoms with Crippen LogP contribution >= 0.6 is 27.3 Å². The average Bonchev–Trinajstić information content (AvgIpc) is 2.67. The molecule has 0 aliphatic carbocycles. The van der Waals surface area contributed by atoms with Crippen LogP contribution in [0, 0.1) is 0 Å². The lowest BCUT2D eigenvalue weighted by Crippen LogP contribution is -2.05. The van der Waals surface area contributed by atoms with Gasteiger partial charge in [0.05, 0.1) is 8.66 Å². The van der Waals surface area contributed by atoms with E-state index in [-0.39, 0.29) is 0 Å². The zero-order chi connectivity index (χ0) is 10.7. The third kappa shape index (κ3) is 2.62. The maximum Gasteiger partial charge on any atom is 0.169 e. The Balaban J connectivity index is 2.23. The van der Waals surface area contributed by atoms with Crippen molar-refractivity contribution in [3.8, 4) is 10.7 Å². The number of hydrogen-bond acceptors (Lipinski definition) is 4. The molecule has 0 saturated carbocycles. The SMILES string of the molecule is CNCc1cnc(-c2ccc(Br)s2)nc1. The van der Waals surface area contributed by atoms with Crippen LogP contribution in [0.5, 0.6) is 0 Å². The van der Waals surface area contributed by atoms with Crippen molar-refractivity contribution >= 4 is 27.3 Å². The van der Waals surface area contributed by atoms with Gasteiger partial charge in [0.2, 0.25) is 0 Å². The fourth-order valence-electron chi connectivity index (χ4n) is 1.21. The molecule has 0 bridgehead atoms. The van der Waals surface area contributed by atoms with Gasteiger partial charge < -0.3 is 5.32 Å². The molecule has 2 aromatic heterocycles. The van der Waals surface area contributed by atoms with Crippen LogP contribution in [-0.2, 0) is 6.54 Å². The summed E-state index contributed by atoms with van der Waals surface area (Å²) in [6, 6.07) is 4.02. The van der Waals surface area contributed by atoms with Crippen LogP contribution in [-0.4, -0.2) is 17.0 Å². The molecule has 0 atom stereocenters. The summed E-state index contributed by atoms with van der Waals surface area (Å²) in [4.78, 5) is 9.72. The summed E-state index contributed by atoms with van der Waals surface area (Å²) in [5.41, 5.74) is 1.09. The molecule has 15 heavy (non-hydrogen) atoms. The minimum atomic E-state index is 0.783. The van der Waals surface area contributed by atoms with E-state index in [0.717, 1.165) is 26.6 Å². The summed E-state index contributed by atoms with van der Waals surface area (Å²) >= 11 is 5.06. The van der Waals surface area contributed by atoms with Crippen LogP contribution in [0.1, 0.15) is 5.56 Å². The fraction of sp³-hybridized carbons (Fsp3) is 0.200. The predicted molar refractivity (Wildman–Crippen MR) is 65.8 cm³/mol. The number of nitrogens with one attached hydrogen (secondary N) is 1. The first-order chi connectivity index (χ1) is 7.29. The third-order valence-corrected chi connectivity index (χ3v) is 3.50. The van der Waals surface area contributed by atoms with Gasteiger partial charge in [-0.2, -0.15) is 0 Å². The molecule has 2 aromatic rings. The topological polar surface area (TPSA) is 37.8 Å². The van der Waals surface area contributed by atoms with Crippen LogP contribution in [0.3, 0.4) is 0 Å². The summed E-state index contributed by atoms with van der Waals surface area (Å²) in [6.45, 7) is 0.800.